The summed E-state index contributed by atoms with van der Waals surface area (Å²) in [5.41, 5.74) is 1.40. The highest BCUT2D eigenvalue weighted by atomic mass is 14.3. The molecule has 1 rings (SSSR count). The van der Waals surface area contributed by atoms with E-state index in [0.717, 1.165) is 12.3 Å². The predicted octanol–water partition coefficient (Wildman–Crippen LogP) is 2.53. The largest absolute Gasteiger partial charge is 0.0992 e. The standard InChI is InChI=1S/C8H12/c1-3-4-5-8-6-7(8)2/h4-5,8H,2-3,6H2,1H3. The second-order valence-corrected chi connectivity index (χ2v) is 2.31. The van der Waals surface area contributed by atoms with Crippen LogP contribution in [0.2, 0.25) is 0 Å². The summed E-state index contributed by atoms with van der Waals surface area (Å²) in [6.07, 6.45) is 6.85. The molecule has 0 nitrogen and oxygen atoms in total. The van der Waals surface area contributed by atoms with E-state index in [9.17, 15) is 0 Å². The molecule has 1 unspecified atom stereocenters. The van der Waals surface area contributed by atoms with Gasteiger partial charge in [0.05, 0.1) is 0 Å². The van der Waals surface area contributed by atoms with Crippen molar-refractivity contribution in [1.29, 1.82) is 0 Å². The zero-order chi connectivity index (χ0) is 5.98. The Morgan fingerprint density at radius 2 is 2.50 bits per heavy atom. The molecular formula is C8H12. The number of hydrogen-bond donors (Lipinski definition) is 0. The van der Waals surface area contributed by atoms with E-state index in [0.29, 0.717) is 0 Å². The molecule has 0 aromatic rings. The Kier molecular flexibility index (Phi) is 1.52. The van der Waals surface area contributed by atoms with Gasteiger partial charge in [-0.3, -0.25) is 0 Å². The maximum Gasteiger partial charge on any atom is 0.00117 e. The Balaban J connectivity index is 2.21. The molecule has 0 aliphatic heterocycles. The van der Waals surface area contributed by atoms with Crippen molar-refractivity contribution in [3.05, 3.63) is 24.3 Å². The molecule has 1 aliphatic carbocycles. The van der Waals surface area contributed by atoms with Crippen molar-refractivity contribution in [3.63, 3.8) is 0 Å². The molecule has 0 bridgehead atoms. The summed E-state index contributed by atoms with van der Waals surface area (Å²) in [6.45, 7) is 6.00. The topological polar surface area (TPSA) is 0 Å². The van der Waals surface area contributed by atoms with Crippen LogP contribution in [-0.4, -0.2) is 0 Å². The Morgan fingerprint density at radius 1 is 1.88 bits per heavy atom. The maximum absolute atomic E-state index is 3.85. The van der Waals surface area contributed by atoms with E-state index < -0.39 is 0 Å². The van der Waals surface area contributed by atoms with Crippen LogP contribution in [0.25, 0.3) is 0 Å². The van der Waals surface area contributed by atoms with Crippen molar-refractivity contribution >= 4 is 0 Å². The highest BCUT2D eigenvalue weighted by Gasteiger charge is 2.22. The predicted molar refractivity (Wildman–Crippen MR) is 36.7 cm³/mol. The molecule has 1 saturated carbocycles. The molecule has 0 spiro atoms. The first-order valence-corrected chi connectivity index (χ1v) is 3.19. The summed E-state index contributed by atoms with van der Waals surface area (Å²) in [6, 6.07) is 0. The first-order chi connectivity index (χ1) is 3.84. The highest BCUT2D eigenvalue weighted by Crippen LogP contribution is 2.36. The van der Waals surface area contributed by atoms with Gasteiger partial charge in [-0.25, -0.2) is 0 Å². The monoisotopic (exact) mass is 108 g/mol. The molecule has 0 aromatic heterocycles. The van der Waals surface area contributed by atoms with Crippen LogP contribution in [0.4, 0.5) is 0 Å². The zero-order valence-electron chi connectivity index (χ0n) is 5.35. The lowest BCUT2D eigenvalue weighted by molar-refractivity contribution is 1.12. The average Bonchev–Trinajstić information content (AvgIpc) is 2.42. The number of allylic oxidation sites excluding steroid dienone is 3. The van der Waals surface area contributed by atoms with Crippen molar-refractivity contribution in [3.8, 4) is 0 Å². The average molecular weight is 108 g/mol. The summed E-state index contributed by atoms with van der Waals surface area (Å²) in [5, 5.41) is 0. The summed E-state index contributed by atoms with van der Waals surface area (Å²) >= 11 is 0. The molecule has 1 atom stereocenters. The summed E-state index contributed by atoms with van der Waals surface area (Å²) in [5.74, 6) is 0.745. The van der Waals surface area contributed by atoms with Gasteiger partial charge in [-0.05, 0) is 12.8 Å². The Hall–Kier alpha value is -0.520. The van der Waals surface area contributed by atoms with Gasteiger partial charge in [0.25, 0.3) is 0 Å². The van der Waals surface area contributed by atoms with Gasteiger partial charge in [0.1, 0.15) is 0 Å². The Bertz CT molecular complexity index is 120. The minimum absolute atomic E-state index is 0.745. The zero-order valence-corrected chi connectivity index (χ0v) is 5.35. The van der Waals surface area contributed by atoms with Crippen LogP contribution in [0.15, 0.2) is 24.3 Å². The van der Waals surface area contributed by atoms with E-state index in [1.807, 2.05) is 0 Å². The first kappa shape index (κ1) is 5.61. The second-order valence-electron chi connectivity index (χ2n) is 2.31. The van der Waals surface area contributed by atoms with Gasteiger partial charge in [0, 0.05) is 5.92 Å². The van der Waals surface area contributed by atoms with Crippen LogP contribution in [0, 0.1) is 5.92 Å². The Labute approximate surface area is 50.9 Å². The highest BCUT2D eigenvalue weighted by molar-refractivity contribution is 5.25. The minimum atomic E-state index is 0.745. The van der Waals surface area contributed by atoms with E-state index >= 15 is 0 Å². The van der Waals surface area contributed by atoms with Crippen molar-refractivity contribution in [1.82, 2.24) is 0 Å². The molecule has 8 heavy (non-hydrogen) atoms. The van der Waals surface area contributed by atoms with Crippen LogP contribution < -0.4 is 0 Å². The summed E-state index contributed by atoms with van der Waals surface area (Å²) < 4.78 is 0. The van der Waals surface area contributed by atoms with Crippen LogP contribution in [-0.2, 0) is 0 Å². The maximum atomic E-state index is 3.85. The third-order valence-electron chi connectivity index (χ3n) is 1.45. The van der Waals surface area contributed by atoms with Gasteiger partial charge in [0.15, 0.2) is 0 Å². The van der Waals surface area contributed by atoms with Gasteiger partial charge >= 0.3 is 0 Å². The second kappa shape index (κ2) is 2.17. The molecule has 44 valence electrons. The SMILES string of the molecule is C=C1CC1C=CCC. The molecule has 0 aromatic carbocycles. The molecule has 0 amide bonds. The number of hydrogen-bond acceptors (Lipinski definition) is 0. The smallest absolute Gasteiger partial charge is 0.00117 e. The van der Waals surface area contributed by atoms with Gasteiger partial charge in [-0.1, -0.05) is 31.2 Å². The van der Waals surface area contributed by atoms with Crippen molar-refractivity contribution in [2.24, 2.45) is 5.92 Å². The fourth-order valence-electron chi connectivity index (χ4n) is 0.728. The lowest BCUT2D eigenvalue weighted by Crippen LogP contribution is -1.60. The lowest BCUT2D eigenvalue weighted by atomic mass is 10.3. The van der Waals surface area contributed by atoms with Crippen LogP contribution in [0.1, 0.15) is 19.8 Å². The van der Waals surface area contributed by atoms with E-state index in [1.165, 1.54) is 12.0 Å². The normalized spacial score (nSPS) is 27.1. The molecule has 0 radical (unpaired) electrons. The molecule has 1 aliphatic rings. The minimum Gasteiger partial charge on any atom is -0.0992 e. The first-order valence-electron chi connectivity index (χ1n) is 3.19. The molecular weight excluding hydrogens is 96.1 g/mol. The van der Waals surface area contributed by atoms with Gasteiger partial charge in [0.2, 0.25) is 0 Å². The van der Waals surface area contributed by atoms with Crippen molar-refractivity contribution in [2.75, 3.05) is 0 Å². The molecule has 0 N–H and O–H groups in total. The van der Waals surface area contributed by atoms with E-state index in [1.54, 1.807) is 0 Å². The Morgan fingerprint density at radius 3 is 2.88 bits per heavy atom. The van der Waals surface area contributed by atoms with Crippen LogP contribution >= 0.6 is 0 Å². The quantitative estimate of drug-likeness (QED) is 0.477. The van der Waals surface area contributed by atoms with Gasteiger partial charge in [-0.2, -0.15) is 0 Å². The third-order valence-corrected chi connectivity index (χ3v) is 1.45. The van der Waals surface area contributed by atoms with E-state index in [2.05, 4.69) is 25.7 Å². The molecule has 0 saturated heterocycles. The molecule has 1 fully saturated rings. The fraction of sp³-hybridized carbons (Fsp3) is 0.500. The lowest BCUT2D eigenvalue weighted by Gasteiger charge is -1.76. The van der Waals surface area contributed by atoms with Gasteiger partial charge < -0.3 is 0 Å². The van der Waals surface area contributed by atoms with E-state index in [4.69, 9.17) is 0 Å². The van der Waals surface area contributed by atoms with Crippen molar-refractivity contribution < 1.29 is 0 Å². The summed E-state index contributed by atoms with van der Waals surface area (Å²) in [4.78, 5) is 0. The van der Waals surface area contributed by atoms with Crippen LogP contribution in [0.3, 0.4) is 0 Å². The third kappa shape index (κ3) is 1.22. The number of rotatable bonds is 2. The van der Waals surface area contributed by atoms with E-state index in [-0.39, 0.29) is 0 Å². The molecule has 0 heteroatoms. The summed E-state index contributed by atoms with van der Waals surface area (Å²) in [7, 11) is 0. The molecule has 0 heterocycles. The van der Waals surface area contributed by atoms with Crippen molar-refractivity contribution in [2.45, 2.75) is 19.8 Å². The van der Waals surface area contributed by atoms with Gasteiger partial charge in [-0.15, -0.1) is 0 Å². The van der Waals surface area contributed by atoms with Crippen LogP contribution in [0.5, 0.6) is 0 Å². The fourth-order valence-corrected chi connectivity index (χ4v) is 0.728.